The molecule has 0 aliphatic carbocycles. The summed E-state index contributed by atoms with van der Waals surface area (Å²) in [6.07, 6.45) is 0. The van der Waals surface area contributed by atoms with E-state index in [1.54, 1.807) is 7.05 Å². The topological polar surface area (TPSA) is 70.5 Å². The molecule has 0 unspecified atom stereocenters. The highest BCUT2D eigenvalue weighted by molar-refractivity contribution is 5.95. The van der Waals surface area contributed by atoms with Gasteiger partial charge in [-0.15, -0.1) is 0 Å². The molecule has 0 atom stereocenters. The summed E-state index contributed by atoms with van der Waals surface area (Å²) in [7, 11) is 3.56. The first-order valence-corrected chi connectivity index (χ1v) is 11.1. The zero-order valence-electron chi connectivity index (χ0n) is 20.3. The Morgan fingerprint density at radius 3 is 2.18 bits per heavy atom. The van der Waals surface area contributed by atoms with E-state index >= 15 is 0 Å². The molecule has 3 aromatic rings. The van der Waals surface area contributed by atoms with Crippen molar-refractivity contribution in [2.45, 2.75) is 34.2 Å². The molecule has 0 aliphatic heterocycles. The molecule has 0 radical (unpaired) electrons. The van der Waals surface area contributed by atoms with Crippen molar-refractivity contribution in [2.24, 2.45) is 0 Å². The molecule has 1 N–H and O–H groups in total. The maximum atomic E-state index is 12.7. The number of nitrogens with zero attached hydrogens (tertiary/aromatic N) is 4. The van der Waals surface area contributed by atoms with Crippen LogP contribution in [-0.2, 0) is 16.1 Å². The molecule has 1 aromatic heterocycles. The average Bonchev–Trinajstić information content (AvgIpc) is 3.05. The lowest BCUT2D eigenvalue weighted by molar-refractivity contribution is -0.134. The molecular formula is C26H33N5O2. The summed E-state index contributed by atoms with van der Waals surface area (Å²) in [5.74, 6) is -0.318. The molecule has 0 saturated heterocycles. The number of carbonyl (C=O) groups is 2. The van der Waals surface area contributed by atoms with E-state index < -0.39 is 0 Å². The molecule has 1 heterocycles. The smallest absolute Gasteiger partial charge is 0.243 e. The first-order chi connectivity index (χ1) is 15.7. The van der Waals surface area contributed by atoms with Crippen LogP contribution in [0.4, 0.5) is 5.69 Å². The van der Waals surface area contributed by atoms with Gasteiger partial charge in [-0.25, -0.2) is 4.68 Å². The Morgan fingerprint density at radius 2 is 1.55 bits per heavy atom. The normalized spacial score (nSPS) is 11.0. The summed E-state index contributed by atoms with van der Waals surface area (Å²) in [4.78, 5) is 28.7. The van der Waals surface area contributed by atoms with Gasteiger partial charge >= 0.3 is 0 Å². The molecule has 33 heavy (non-hydrogen) atoms. The number of anilines is 1. The fraction of sp³-hybridized carbons (Fsp3) is 0.346. The maximum Gasteiger partial charge on any atom is 0.243 e. The van der Waals surface area contributed by atoms with Crippen molar-refractivity contribution >= 4 is 17.5 Å². The Hall–Kier alpha value is -3.45. The third-order valence-electron chi connectivity index (χ3n) is 5.83. The number of para-hydroxylation sites is 2. The summed E-state index contributed by atoms with van der Waals surface area (Å²) in [6.45, 7) is 8.75. The zero-order valence-corrected chi connectivity index (χ0v) is 20.3. The van der Waals surface area contributed by atoms with E-state index in [9.17, 15) is 9.59 Å². The van der Waals surface area contributed by atoms with Crippen LogP contribution in [0.3, 0.4) is 0 Å². The highest BCUT2D eigenvalue weighted by Crippen LogP contribution is 2.20. The van der Waals surface area contributed by atoms with Gasteiger partial charge < -0.3 is 10.2 Å². The van der Waals surface area contributed by atoms with Crippen molar-refractivity contribution in [1.82, 2.24) is 19.6 Å². The van der Waals surface area contributed by atoms with E-state index in [0.29, 0.717) is 6.54 Å². The molecule has 2 amide bonds. The van der Waals surface area contributed by atoms with Crippen LogP contribution in [0, 0.1) is 27.7 Å². The monoisotopic (exact) mass is 447 g/mol. The molecule has 7 heteroatoms. The summed E-state index contributed by atoms with van der Waals surface area (Å²) >= 11 is 0. The Labute approximate surface area is 196 Å². The Balaban J connectivity index is 1.58. The summed E-state index contributed by atoms with van der Waals surface area (Å²) in [5.41, 5.74) is 6.91. The predicted octanol–water partition coefficient (Wildman–Crippen LogP) is 3.63. The van der Waals surface area contributed by atoms with Crippen LogP contribution in [-0.4, -0.2) is 58.6 Å². The van der Waals surface area contributed by atoms with Gasteiger partial charge in [-0.1, -0.05) is 36.4 Å². The van der Waals surface area contributed by atoms with Crippen LogP contribution in [0.1, 0.15) is 28.1 Å². The van der Waals surface area contributed by atoms with E-state index in [0.717, 1.165) is 39.5 Å². The van der Waals surface area contributed by atoms with Crippen molar-refractivity contribution in [3.8, 4) is 5.69 Å². The number of hydrogen-bond acceptors (Lipinski definition) is 4. The Morgan fingerprint density at radius 1 is 0.909 bits per heavy atom. The van der Waals surface area contributed by atoms with Crippen LogP contribution in [0.25, 0.3) is 5.69 Å². The van der Waals surface area contributed by atoms with Gasteiger partial charge in [-0.05, 0) is 58.0 Å². The highest BCUT2D eigenvalue weighted by Gasteiger charge is 2.19. The fourth-order valence-electron chi connectivity index (χ4n) is 3.90. The second-order valence-corrected chi connectivity index (χ2v) is 8.63. The van der Waals surface area contributed by atoms with Crippen molar-refractivity contribution in [3.05, 3.63) is 76.6 Å². The van der Waals surface area contributed by atoms with Gasteiger partial charge in [-0.2, -0.15) is 5.10 Å². The van der Waals surface area contributed by atoms with Crippen molar-refractivity contribution in [3.63, 3.8) is 0 Å². The highest BCUT2D eigenvalue weighted by atomic mass is 16.2. The SMILES string of the molecule is Cc1cccc(C)c1NC(=O)CN(C)C(=O)CN(C)Cc1c(C)nn(-c2ccccc2)c1C. The fourth-order valence-corrected chi connectivity index (χ4v) is 3.90. The molecular weight excluding hydrogens is 414 g/mol. The van der Waals surface area contributed by atoms with Gasteiger partial charge in [-0.3, -0.25) is 14.5 Å². The Kier molecular flexibility index (Phi) is 7.66. The van der Waals surface area contributed by atoms with Crippen LogP contribution >= 0.6 is 0 Å². The lowest BCUT2D eigenvalue weighted by Gasteiger charge is -2.22. The van der Waals surface area contributed by atoms with Crippen LogP contribution in [0.2, 0.25) is 0 Å². The first kappa shape index (κ1) is 24.2. The average molecular weight is 448 g/mol. The predicted molar refractivity (Wildman–Crippen MR) is 132 cm³/mol. The first-order valence-electron chi connectivity index (χ1n) is 11.1. The van der Waals surface area contributed by atoms with Gasteiger partial charge in [0, 0.05) is 30.5 Å². The molecule has 2 aromatic carbocycles. The lowest BCUT2D eigenvalue weighted by atomic mass is 10.1. The molecule has 3 rings (SSSR count). The van der Waals surface area contributed by atoms with E-state index in [1.165, 1.54) is 4.90 Å². The second kappa shape index (κ2) is 10.4. The lowest BCUT2D eigenvalue weighted by Crippen LogP contribution is -2.40. The zero-order chi connectivity index (χ0) is 24.1. The minimum atomic E-state index is -0.207. The van der Waals surface area contributed by atoms with Crippen molar-refractivity contribution in [2.75, 3.05) is 32.5 Å². The van der Waals surface area contributed by atoms with Gasteiger partial charge in [0.1, 0.15) is 0 Å². The summed E-state index contributed by atoms with van der Waals surface area (Å²) in [6, 6.07) is 15.9. The van der Waals surface area contributed by atoms with Gasteiger partial charge in [0.15, 0.2) is 0 Å². The number of amides is 2. The van der Waals surface area contributed by atoms with Crippen molar-refractivity contribution < 1.29 is 9.59 Å². The summed E-state index contributed by atoms with van der Waals surface area (Å²) < 4.78 is 1.93. The second-order valence-electron chi connectivity index (χ2n) is 8.63. The summed E-state index contributed by atoms with van der Waals surface area (Å²) in [5, 5.41) is 7.62. The number of hydrogen-bond donors (Lipinski definition) is 1. The van der Waals surface area contributed by atoms with E-state index in [1.807, 2.05) is 92.9 Å². The minimum absolute atomic E-state index is 0.00441. The molecule has 0 aliphatic rings. The largest absolute Gasteiger partial charge is 0.335 e. The minimum Gasteiger partial charge on any atom is -0.335 e. The van der Waals surface area contributed by atoms with Crippen LogP contribution < -0.4 is 5.32 Å². The molecule has 0 fully saturated rings. The maximum absolute atomic E-state index is 12.7. The number of benzene rings is 2. The Bertz CT molecular complexity index is 1120. The van der Waals surface area contributed by atoms with Gasteiger partial charge in [0.05, 0.1) is 24.5 Å². The quantitative estimate of drug-likeness (QED) is 0.572. The number of nitrogens with one attached hydrogen (secondary N) is 1. The molecule has 0 bridgehead atoms. The number of aryl methyl sites for hydroxylation is 3. The standard InChI is InChI=1S/C26H33N5O2/c1-18-11-10-12-19(2)26(18)27-24(32)16-30(6)25(33)17-29(5)15-23-20(3)28-31(21(23)4)22-13-8-7-9-14-22/h7-14H,15-17H2,1-6H3,(H,27,32). The van der Waals surface area contributed by atoms with Crippen LogP contribution in [0.15, 0.2) is 48.5 Å². The molecule has 174 valence electrons. The van der Waals surface area contributed by atoms with E-state index in [2.05, 4.69) is 10.4 Å². The number of carbonyl (C=O) groups excluding carboxylic acids is 2. The van der Waals surface area contributed by atoms with E-state index in [-0.39, 0.29) is 24.9 Å². The third kappa shape index (κ3) is 5.87. The number of rotatable bonds is 8. The van der Waals surface area contributed by atoms with Gasteiger partial charge in [0.25, 0.3) is 0 Å². The van der Waals surface area contributed by atoms with Gasteiger partial charge in [0.2, 0.25) is 11.8 Å². The molecule has 0 saturated carbocycles. The van der Waals surface area contributed by atoms with E-state index in [4.69, 9.17) is 0 Å². The van der Waals surface area contributed by atoms with Crippen molar-refractivity contribution in [1.29, 1.82) is 0 Å². The number of likely N-dealkylation sites (N-methyl/N-ethyl adjacent to an activating group) is 2. The number of aromatic nitrogens is 2. The molecule has 7 nitrogen and oxygen atoms in total. The molecule has 0 spiro atoms. The van der Waals surface area contributed by atoms with Crippen LogP contribution in [0.5, 0.6) is 0 Å². The third-order valence-corrected chi connectivity index (χ3v) is 5.83.